The van der Waals surface area contributed by atoms with E-state index >= 15 is 0 Å². The smallest absolute Gasteiger partial charge is 0.255 e. The summed E-state index contributed by atoms with van der Waals surface area (Å²) in [6, 6.07) is 8.18. The van der Waals surface area contributed by atoms with Crippen LogP contribution in [0.15, 0.2) is 30.3 Å². The van der Waals surface area contributed by atoms with Crippen LogP contribution in [-0.4, -0.2) is 10.9 Å². The molecule has 0 aliphatic carbocycles. The molecule has 0 fully saturated rings. The molecule has 2 aromatic rings. The van der Waals surface area contributed by atoms with Crippen LogP contribution in [0, 0.1) is 6.92 Å². The summed E-state index contributed by atoms with van der Waals surface area (Å²) >= 11 is 11.7. The molecule has 7 heteroatoms. The molecule has 0 aliphatic heterocycles. The summed E-state index contributed by atoms with van der Waals surface area (Å²) < 4.78 is 0. The molecular formula is C13H12Cl2N4O. The second-order valence-corrected chi connectivity index (χ2v) is 4.95. The molecule has 1 amide bonds. The molecule has 0 bridgehead atoms. The van der Waals surface area contributed by atoms with Crippen molar-refractivity contribution in [3.63, 3.8) is 0 Å². The molecule has 5 nitrogen and oxygen atoms in total. The molecule has 104 valence electrons. The SMILES string of the molecule is Cc1cc(Cl)ccc1NC(=O)c1cc(Cl)nc(NN)c1. The van der Waals surface area contributed by atoms with Crippen molar-refractivity contribution in [2.24, 2.45) is 5.84 Å². The van der Waals surface area contributed by atoms with Crippen molar-refractivity contribution in [1.82, 2.24) is 4.98 Å². The molecule has 0 radical (unpaired) electrons. The number of nitrogens with zero attached hydrogens (tertiary/aromatic N) is 1. The topological polar surface area (TPSA) is 80.0 Å². The first-order chi connectivity index (χ1) is 9.49. The molecule has 0 unspecified atom stereocenters. The summed E-state index contributed by atoms with van der Waals surface area (Å²) in [6.45, 7) is 1.86. The molecule has 1 aromatic heterocycles. The van der Waals surface area contributed by atoms with Gasteiger partial charge in [-0.05, 0) is 42.8 Å². The highest BCUT2D eigenvalue weighted by atomic mass is 35.5. The minimum absolute atomic E-state index is 0.179. The predicted molar refractivity (Wildman–Crippen MR) is 81.2 cm³/mol. The Balaban J connectivity index is 2.26. The number of carbonyl (C=O) groups is 1. The van der Waals surface area contributed by atoms with E-state index < -0.39 is 0 Å². The Hall–Kier alpha value is -1.82. The maximum absolute atomic E-state index is 12.2. The standard InChI is InChI=1S/C13H12Cl2N4O/c1-7-4-9(14)2-3-10(7)17-13(20)8-5-11(15)18-12(6-8)19-16/h2-6H,16H2,1H3,(H,17,20)(H,18,19). The van der Waals surface area contributed by atoms with E-state index in [1.54, 1.807) is 18.2 Å². The number of amides is 1. The number of benzene rings is 1. The highest BCUT2D eigenvalue weighted by Gasteiger charge is 2.10. The van der Waals surface area contributed by atoms with Crippen LogP contribution in [-0.2, 0) is 0 Å². The summed E-state index contributed by atoms with van der Waals surface area (Å²) in [5.41, 5.74) is 4.25. The molecule has 0 atom stereocenters. The number of aryl methyl sites for hydroxylation is 1. The zero-order valence-electron chi connectivity index (χ0n) is 10.6. The Morgan fingerprint density at radius 1 is 1.25 bits per heavy atom. The van der Waals surface area contributed by atoms with E-state index in [1.165, 1.54) is 12.1 Å². The third-order valence-corrected chi connectivity index (χ3v) is 3.07. The Kier molecular flexibility index (Phi) is 4.44. The van der Waals surface area contributed by atoms with Gasteiger partial charge in [0.15, 0.2) is 0 Å². The third-order valence-electron chi connectivity index (χ3n) is 2.64. The number of nitrogens with two attached hydrogens (primary N) is 1. The van der Waals surface area contributed by atoms with Crippen molar-refractivity contribution >= 4 is 40.6 Å². The van der Waals surface area contributed by atoms with Crippen LogP contribution in [0.5, 0.6) is 0 Å². The molecule has 2 rings (SSSR count). The zero-order chi connectivity index (χ0) is 14.7. The van der Waals surface area contributed by atoms with Crippen LogP contribution in [0.3, 0.4) is 0 Å². The van der Waals surface area contributed by atoms with E-state index in [1.807, 2.05) is 6.92 Å². The highest BCUT2D eigenvalue weighted by molar-refractivity contribution is 6.31. The van der Waals surface area contributed by atoms with Crippen LogP contribution in [0.25, 0.3) is 0 Å². The fourth-order valence-electron chi connectivity index (χ4n) is 1.66. The Morgan fingerprint density at radius 2 is 2.00 bits per heavy atom. The molecule has 4 N–H and O–H groups in total. The van der Waals surface area contributed by atoms with Gasteiger partial charge in [0.25, 0.3) is 5.91 Å². The summed E-state index contributed by atoms with van der Waals surface area (Å²) in [5, 5.41) is 3.57. The molecule has 0 saturated heterocycles. The molecule has 0 spiro atoms. The van der Waals surface area contributed by atoms with Gasteiger partial charge in [0.1, 0.15) is 11.0 Å². The number of nitrogen functional groups attached to an aromatic ring is 1. The predicted octanol–water partition coefficient (Wildman–Crippen LogP) is 3.23. The number of carbonyl (C=O) groups excluding carboxylic acids is 1. The number of halogens is 2. The van der Waals surface area contributed by atoms with Crippen molar-refractivity contribution in [3.8, 4) is 0 Å². The van der Waals surface area contributed by atoms with E-state index in [9.17, 15) is 4.79 Å². The lowest BCUT2D eigenvalue weighted by Gasteiger charge is -2.09. The Morgan fingerprint density at radius 3 is 2.65 bits per heavy atom. The van der Waals surface area contributed by atoms with Crippen LogP contribution >= 0.6 is 23.2 Å². The maximum Gasteiger partial charge on any atom is 0.255 e. The summed E-state index contributed by atoms with van der Waals surface area (Å²) in [6.07, 6.45) is 0. The zero-order valence-corrected chi connectivity index (χ0v) is 12.1. The molecule has 1 aromatic carbocycles. The van der Waals surface area contributed by atoms with Crippen LogP contribution < -0.4 is 16.6 Å². The van der Waals surface area contributed by atoms with Gasteiger partial charge in [0.2, 0.25) is 0 Å². The van der Waals surface area contributed by atoms with Gasteiger partial charge in [0, 0.05) is 16.3 Å². The summed E-state index contributed by atoms with van der Waals surface area (Å²) in [7, 11) is 0. The minimum Gasteiger partial charge on any atom is -0.322 e. The van der Waals surface area contributed by atoms with E-state index in [0.29, 0.717) is 22.1 Å². The van der Waals surface area contributed by atoms with Gasteiger partial charge in [-0.1, -0.05) is 23.2 Å². The van der Waals surface area contributed by atoms with Gasteiger partial charge in [-0.2, -0.15) is 0 Å². The molecule has 0 saturated carbocycles. The average Bonchev–Trinajstić information content (AvgIpc) is 2.41. The second kappa shape index (κ2) is 6.09. The molecule has 0 aliphatic rings. The van der Waals surface area contributed by atoms with Gasteiger partial charge in [0.05, 0.1) is 0 Å². The quantitative estimate of drug-likeness (QED) is 0.462. The van der Waals surface area contributed by atoms with Crippen molar-refractivity contribution in [3.05, 3.63) is 51.6 Å². The number of aromatic nitrogens is 1. The second-order valence-electron chi connectivity index (χ2n) is 4.12. The molecular weight excluding hydrogens is 299 g/mol. The number of hydrogen-bond acceptors (Lipinski definition) is 4. The first kappa shape index (κ1) is 14.6. The van der Waals surface area contributed by atoms with Crippen molar-refractivity contribution in [2.75, 3.05) is 10.7 Å². The van der Waals surface area contributed by atoms with Crippen LogP contribution in [0.1, 0.15) is 15.9 Å². The number of hydrazine groups is 1. The number of rotatable bonds is 3. The van der Waals surface area contributed by atoms with Gasteiger partial charge in [-0.15, -0.1) is 0 Å². The van der Waals surface area contributed by atoms with Crippen molar-refractivity contribution in [2.45, 2.75) is 6.92 Å². The van der Waals surface area contributed by atoms with E-state index in [4.69, 9.17) is 29.0 Å². The van der Waals surface area contributed by atoms with Crippen LogP contribution in [0.2, 0.25) is 10.2 Å². The minimum atomic E-state index is -0.309. The lowest BCUT2D eigenvalue weighted by atomic mass is 10.2. The fraction of sp³-hybridized carbons (Fsp3) is 0.0769. The first-order valence-electron chi connectivity index (χ1n) is 5.71. The van der Waals surface area contributed by atoms with E-state index in [-0.39, 0.29) is 11.1 Å². The number of anilines is 2. The highest BCUT2D eigenvalue weighted by Crippen LogP contribution is 2.21. The molecule has 1 heterocycles. The summed E-state index contributed by atoms with van der Waals surface area (Å²) in [4.78, 5) is 16.1. The van der Waals surface area contributed by atoms with Gasteiger partial charge < -0.3 is 10.7 Å². The van der Waals surface area contributed by atoms with Gasteiger partial charge in [-0.3, -0.25) is 4.79 Å². The molecule has 20 heavy (non-hydrogen) atoms. The van der Waals surface area contributed by atoms with Crippen molar-refractivity contribution < 1.29 is 4.79 Å². The largest absolute Gasteiger partial charge is 0.322 e. The van der Waals surface area contributed by atoms with Gasteiger partial charge >= 0.3 is 0 Å². The normalized spacial score (nSPS) is 10.2. The Bertz CT molecular complexity index is 661. The third kappa shape index (κ3) is 3.39. The monoisotopic (exact) mass is 310 g/mol. The van der Waals surface area contributed by atoms with Crippen LogP contribution in [0.4, 0.5) is 11.5 Å². The number of hydrogen-bond donors (Lipinski definition) is 3. The number of nitrogens with one attached hydrogen (secondary N) is 2. The maximum atomic E-state index is 12.2. The van der Waals surface area contributed by atoms with E-state index in [2.05, 4.69) is 15.7 Å². The fourth-order valence-corrected chi connectivity index (χ4v) is 2.10. The Labute approximate surface area is 126 Å². The van der Waals surface area contributed by atoms with Gasteiger partial charge in [-0.25, -0.2) is 10.8 Å². The van der Waals surface area contributed by atoms with E-state index in [0.717, 1.165) is 5.56 Å². The summed E-state index contributed by atoms with van der Waals surface area (Å²) in [5.74, 6) is 5.27. The lowest BCUT2D eigenvalue weighted by molar-refractivity contribution is 0.102. The lowest BCUT2D eigenvalue weighted by Crippen LogP contribution is -2.15. The number of pyridine rings is 1. The first-order valence-corrected chi connectivity index (χ1v) is 6.47. The average molecular weight is 311 g/mol. The van der Waals surface area contributed by atoms with Crippen molar-refractivity contribution in [1.29, 1.82) is 0 Å².